The van der Waals surface area contributed by atoms with Gasteiger partial charge in [0.25, 0.3) is 5.91 Å². The van der Waals surface area contributed by atoms with Gasteiger partial charge in [0.1, 0.15) is 22.9 Å². The second-order valence-corrected chi connectivity index (χ2v) is 6.37. The number of methoxy groups -OCH3 is 1. The van der Waals surface area contributed by atoms with E-state index in [0.717, 1.165) is 23.4 Å². The third-order valence-corrected chi connectivity index (χ3v) is 4.91. The molecule has 1 saturated heterocycles. The minimum Gasteiger partial charge on any atom is -0.496 e. The maximum Gasteiger partial charge on any atom is 0.257 e. The summed E-state index contributed by atoms with van der Waals surface area (Å²) >= 11 is 0. The summed E-state index contributed by atoms with van der Waals surface area (Å²) < 4.78 is 38.7. The van der Waals surface area contributed by atoms with E-state index in [4.69, 9.17) is 9.47 Å². The second kappa shape index (κ2) is 7.83. The first kappa shape index (κ1) is 18.3. The highest BCUT2D eigenvalue weighted by molar-refractivity contribution is 5.94. The summed E-state index contributed by atoms with van der Waals surface area (Å²) in [6, 6.07) is 11.0. The minimum atomic E-state index is -0.874. The number of nitrogens with one attached hydrogen (secondary N) is 1. The Bertz CT molecular complexity index is 768. The summed E-state index contributed by atoms with van der Waals surface area (Å²) in [5.74, 6) is -1.79. The van der Waals surface area contributed by atoms with Crippen LogP contribution in [0.15, 0.2) is 42.5 Å². The molecule has 0 radical (unpaired) electrons. The highest BCUT2D eigenvalue weighted by Gasteiger charge is 2.37. The third-order valence-electron chi connectivity index (χ3n) is 4.91. The lowest BCUT2D eigenvalue weighted by molar-refractivity contribution is 0.0478. The van der Waals surface area contributed by atoms with E-state index in [0.29, 0.717) is 26.1 Å². The van der Waals surface area contributed by atoms with E-state index < -0.39 is 28.5 Å². The van der Waals surface area contributed by atoms with Crippen LogP contribution in [-0.2, 0) is 10.2 Å². The van der Waals surface area contributed by atoms with Crippen LogP contribution in [0.3, 0.4) is 0 Å². The molecular weight excluding hydrogens is 340 g/mol. The van der Waals surface area contributed by atoms with Gasteiger partial charge in [0.15, 0.2) is 0 Å². The first-order valence-electron chi connectivity index (χ1n) is 8.51. The number of amides is 1. The van der Waals surface area contributed by atoms with E-state index in [1.807, 2.05) is 24.3 Å². The van der Waals surface area contributed by atoms with Crippen molar-refractivity contribution in [1.29, 1.82) is 0 Å². The monoisotopic (exact) mass is 361 g/mol. The van der Waals surface area contributed by atoms with Gasteiger partial charge in [0.05, 0.1) is 7.11 Å². The molecule has 1 heterocycles. The Morgan fingerprint density at radius 3 is 2.42 bits per heavy atom. The van der Waals surface area contributed by atoms with Gasteiger partial charge in [-0.25, -0.2) is 8.78 Å². The largest absolute Gasteiger partial charge is 0.496 e. The van der Waals surface area contributed by atoms with Crippen LogP contribution < -0.4 is 10.1 Å². The second-order valence-electron chi connectivity index (χ2n) is 6.37. The number of carbonyl (C=O) groups is 1. The molecule has 0 aromatic heterocycles. The first-order valence-corrected chi connectivity index (χ1v) is 8.51. The van der Waals surface area contributed by atoms with Crippen LogP contribution in [0.5, 0.6) is 5.75 Å². The fourth-order valence-electron chi connectivity index (χ4n) is 3.44. The first-order chi connectivity index (χ1) is 12.6. The van der Waals surface area contributed by atoms with Crippen molar-refractivity contribution in [2.45, 2.75) is 18.3 Å². The normalized spacial score (nSPS) is 16.1. The summed E-state index contributed by atoms with van der Waals surface area (Å²) in [7, 11) is 1.60. The Balaban J connectivity index is 1.87. The Morgan fingerprint density at radius 1 is 1.12 bits per heavy atom. The molecule has 0 unspecified atom stereocenters. The molecule has 0 aliphatic carbocycles. The van der Waals surface area contributed by atoms with E-state index in [1.54, 1.807) is 7.11 Å². The lowest BCUT2D eigenvalue weighted by Crippen LogP contribution is -2.45. The quantitative estimate of drug-likeness (QED) is 0.887. The molecule has 1 N–H and O–H groups in total. The lowest BCUT2D eigenvalue weighted by Gasteiger charge is -2.38. The van der Waals surface area contributed by atoms with Gasteiger partial charge in [-0.2, -0.15) is 0 Å². The van der Waals surface area contributed by atoms with Gasteiger partial charge in [-0.1, -0.05) is 24.3 Å². The lowest BCUT2D eigenvalue weighted by atomic mass is 9.73. The SMILES string of the molecule is COc1ccccc1C1(CNC(=O)c2c(F)cccc2F)CCOCC1. The Labute approximate surface area is 151 Å². The summed E-state index contributed by atoms with van der Waals surface area (Å²) in [5.41, 5.74) is -0.0164. The number of benzene rings is 2. The summed E-state index contributed by atoms with van der Waals surface area (Å²) in [6.07, 6.45) is 1.35. The summed E-state index contributed by atoms with van der Waals surface area (Å²) in [6.45, 7) is 1.33. The number of ether oxygens (including phenoxy) is 2. The molecule has 0 bridgehead atoms. The minimum absolute atomic E-state index is 0.239. The molecule has 0 saturated carbocycles. The molecule has 1 fully saturated rings. The number of hydrogen-bond acceptors (Lipinski definition) is 3. The molecule has 26 heavy (non-hydrogen) atoms. The molecule has 2 aromatic carbocycles. The number of para-hydroxylation sites is 1. The van der Waals surface area contributed by atoms with E-state index in [9.17, 15) is 13.6 Å². The molecule has 1 aliphatic rings. The van der Waals surface area contributed by atoms with Crippen LogP contribution in [0.1, 0.15) is 28.8 Å². The number of hydrogen-bond donors (Lipinski definition) is 1. The maximum atomic E-state index is 13.9. The van der Waals surface area contributed by atoms with Crippen molar-refractivity contribution in [3.8, 4) is 5.75 Å². The molecular formula is C20H21F2NO3. The highest BCUT2D eigenvalue weighted by Crippen LogP contribution is 2.39. The summed E-state index contributed by atoms with van der Waals surface area (Å²) in [4.78, 5) is 12.4. The molecule has 2 aromatic rings. The topological polar surface area (TPSA) is 47.6 Å². The van der Waals surface area contributed by atoms with Crippen LogP contribution in [0.4, 0.5) is 8.78 Å². The van der Waals surface area contributed by atoms with Crippen molar-refractivity contribution >= 4 is 5.91 Å². The third kappa shape index (κ3) is 3.55. The average Bonchev–Trinajstić information content (AvgIpc) is 2.67. The highest BCUT2D eigenvalue weighted by atomic mass is 19.1. The zero-order chi connectivity index (χ0) is 18.6. The predicted molar refractivity (Wildman–Crippen MR) is 93.4 cm³/mol. The van der Waals surface area contributed by atoms with Gasteiger partial charge in [0, 0.05) is 30.7 Å². The Morgan fingerprint density at radius 2 is 1.77 bits per heavy atom. The van der Waals surface area contributed by atoms with Crippen molar-refractivity contribution in [2.75, 3.05) is 26.9 Å². The molecule has 1 amide bonds. The predicted octanol–water partition coefficient (Wildman–Crippen LogP) is 3.45. The molecule has 4 nitrogen and oxygen atoms in total. The van der Waals surface area contributed by atoms with E-state index in [1.165, 1.54) is 6.07 Å². The van der Waals surface area contributed by atoms with Crippen molar-refractivity contribution in [3.05, 3.63) is 65.2 Å². The zero-order valence-corrected chi connectivity index (χ0v) is 14.6. The van der Waals surface area contributed by atoms with Gasteiger partial charge in [-0.15, -0.1) is 0 Å². The van der Waals surface area contributed by atoms with Crippen LogP contribution >= 0.6 is 0 Å². The average molecular weight is 361 g/mol. The smallest absolute Gasteiger partial charge is 0.257 e. The van der Waals surface area contributed by atoms with Gasteiger partial charge >= 0.3 is 0 Å². The zero-order valence-electron chi connectivity index (χ0n) is 14.6. The van der Waals surface area contributed by atoms with E-state index in [-0.39, 0.29) is 6.54 Å². The van der Waals surface area contributed by atoms with E-state index in [2.05, 4.69) is 5.32 Å². The van der Waals surface area contributed by atoms with Gasteiger partial charge < -0.3 is 14.8 Å². The van der Waals surface area contributed by atoms with Crippen molar-refractivity contribution < 1.29 is 23.0 Å². The van der Waals surface area contributed by atoms with Crippen LogP contribution in [0.25, 0.3) is 0 Å². The van der Waals surface area contributed by atoms with Gasteiger partial charge in [-0.05, 0) is 31.0 Å². The van der Waals surface area contributed by atoms with Crippen LogP contribution in [0.2, 0.25) is 0 Å². The molecule has 0 atom stereocenters. The van der Waals surface area contributed by atoms with Crippen molar-refractivity contribution in [2.24, 2.45) is 0 Å². The van der Waals surface area contributed by atoms with Crippen molar-refractivity contribution in [3.63, 3.8) is 0 Å². The fraction of sp³-hybridized carbons (Fsp3) is 0.350. The molecule has 138 valence electrons. The molecule has 1 aliphatic heterocycles. The summed E-state index contributed by atoms with van der Waals surface area (Å²) in [5, 5.41) is 2.71. The molecule has 0 spiro atoms. The fourth-order valence-corrected chi connectivity index (χ4v) is 3.44. The Kier molecular flexibility index (Phi) is 5.52. The molecule has 3 rings (SSSR count). The standard InChI is InChI=1S/C20H21F2NO3/c1-25-17-8-3-2-5-14(17)20(9-11-26-12-10-20)13-23-19(24)18-15(21)6-4-7-16(18)22/h2-8H,9-13H2,1H3,(H,23,24). The molecule has 6 heteroatoms. The van der Waals surface area contributed by atoms with Crippen molar-refractivity contribution in [1.82, 2.24) is 5.32 Å². The van der Waals surface area contributed by atoms with Crippen LogP contribution in [-0.4, -0.2) is 32.8 Å². The van der Waals surface area contributed by atoms with Crippen LogP contribution in [0, 0.1) is 11.6 Å². The number of carbonyl (C=O) groups excluding carboxylic acids is 1. The number of rotatable bonds is 5. The van der Waals surface area contributed by atoms with Gasteiger partial charge in [-0.3, -0.25) is 4.79 Å². The van der Waals surface area contributed by atoms with E-state index >= 15 is 0 Å². The Hall–Kier alpha value is -2.47. The maximum absolute atomic E-state index is 13.9. The van der Waals surface area contributed by atoms with Gasteiger partial charge in [0.2, 0.25) is 0 Å². The number of halogens is 2.